The van der Waals surface area contributed by atoms with Gasteiger partial charge in [0.25, 0.3) is 0 Å². The van der Waals surface area contributed by atoms with Gasteiger partial charge >= 0.3 is 6.18 Å². The van der Waals surface area contributed by atoms with Gasteiger partial charge in [0.1, 0.15) is 5.82 Å². The first-order valence-corrected chi connectivity index (χ1v) is 4.83. The number of hydrogen-bond acceptors (Lipinski definition) is 2. The Balaban J connectivity index is 2.57. The second-order valence-electron chi connectivity index (χ2n) is 3.70. The molecule has 0 fully saturated rings. The van der Waals surface area contributed by atoms with Gasteiger partial charge in [0.05, 0.1) is 5.56 Å². The molecule has 0 bridgehead atoms. The number of hydrogen-bond donors (Lipinski definition) is 1. The van der Waals surface area contributed by atoms with Gasteiger partial charge in [0.15, 0.2) is 0 Å². The third-order valence-corrected chi connectivity index (χ3v) is 2.36. The zero-order valence-electron chi connectivity index (χ0n) is 8.99. The molecule has 0 aliphatic rings. The predicted molar refractivity (Wildman–Crippen MR) is 58.1 cm³/mol. The molecule has 17 heavy (non-hydrogen) atoms. The fourth-order valence-electron chi connectivity index (χ4n) is 1.59. The molecule has 2 rings (SSSR count). The maximum Gasteiger partial charge on any atom is 0.416 e. The van der Waals surface area contributed by atoms with Gasteiger partial charge in [-0.25, -0.2) is 4.98 Å². The summed E-state index contributed by atoms with van der Waals surface area (Å²) in [6.45, 7) is 0. The highest BCUT2D eigenvalue weighted by Crippen LogP contribution is 2.33. The van der Waals surface area contributed by atoms with Gasteiger partial charge in [-0.1, -0.05) is 0 Å². The largest absolute Gasteiger partial charge is 0.416 e. The molecule has 0 amide bonds. The number of alkyl halides is 3. The molecule has 1 aromatic heterocycles. The fourth-order valence-corrected chi connectivity index (χ4v) is 1.59. The number of imidazole rings is 1. The quantitative estimate of drug-likeness (QED) is 0.780. The van der Waals surface area contributed by atoms with Crippen LogP contribution in [0.5, 0.6) is 0 Å². The molecule has 90 valence electrons. The standard InChI is InChI=1S/C11H10F3N3/c1-17-3-2-16-10(17)7-4-8(11(12,13)14)6-9(15)5-7/h2-6H,15H2,1H3. The number of nitrogen functional groups attached to an aromatic ring is 1. The van der Waals surface area contributed by atoms with Crippen LogP contribution in [0.3, 0.4) is 0 Å². The van der Waals surface area contributed by atoms with Crippen LogP contribution in [-0.4, -0.2) is 9.55 Å². The first kappa shape index (κ1) is 11.5. The van der Waals surface area contributed by atoms with Crippen LogP contribution in [0.15, 0.2) is 30.6 Å². The summed E-state index contributed by atoms with van der Waals surface area (Å²) in [4.78, 5) is 3.99. The van der Waals surface area contributed by atoms with E-state index >= 15 is 0 Å². The lowest BCUT2D eigenvalue weighted by atomic mass is 10.1. The lowest BCUT2D eigenvalue weighted by Gasteiger charge is -2.10. The van der Waals surface area contributed by atoms with Crippen molar-refractivity contribution in [2.75, 3.05) is 5.73 Å². The number of nitrogens with zero attached hydrogens (tertiary/aromatic N) is 2. The third-order valence-electron chi connectivity index (χ3n) is 2.36. The van der Waals surface area contributed by atoms with Crippen molar-refractivity contribution in [2.45, 2.75) is 6.18 Å². The number of aryl methyl sites for hydroxylation is 1. The van der Waals surface area contributed by atoms with E-state index in [9.17, 15) is 13.2 Å². The minimum atomic E-state index is -4.41. The van der Waals surface area contributed by atoms with E-state index in [1.807, 2.05) is 0 Å². The van der Waals surface area contributed by atoms with Gasteiger partial charge in [0, 0.05) is 30.7 Å². The monoisotopic (exact) mass is 241 g/mol. The van der Waals surface area contributed by atoms with Crippen molar-refractivity contribution in [3.63, 3.8) is 0 Å². The molecule has 0 spiro atoms. The first-order valence-electron chi connectivity index (χ1n) is 4.83. The molecule has 0 saturated carbocycles. The van der Waals surface area contributed by atoms with Gasteiger partial charge in [-0.15, -0.1) is 0 Å². The van der Waals surface area contributed by atoms with Gasteiger partial charge < -0.3 is 10.3 Å². The molecule has 0 unspecified atom stereocenters. The molecule has 2 aromatic rings. The van der Waals surface area contributed by atoms with E-state index in [0.717, 1.165) is 12.1 Å². The predicted octanol–water partition coefficient (Wildman–Crippen LogP) is 2.69. The smallest absolute Gasteiger partial charge is 0.399 e. The van der Waals surface area contributed by atoms with Crippen LogP contribution < -0.4 is 5.73 Å². The van der Waals surface area contributed by atoms with Crippen LogP contribution >= 0.6 is 0 Å². The number of nitrogens with two attached hydrogens (primary N) is 1. The Kier molecular flexibility index (Phi) is 2.57. The molecule has 6 heteroatoms. The maximum atomic E-state index is 12.6. The van der Waals surface area contributed by atoms with Gasteiger partial charge in [-0.2, -0.15) is 13.2 Å². The summed E-state index contributed by atoms with van der Waals surface area (Å²) >= 11 is 0. The van der Waals surface area contributed by atoms with E-state index < -0.39 is 11.7 Å². The van der Waals surface area contributed by atoms with Crippen LogP contribution in [-0.2, 0) is 13.2 Å². The Morgan fingerprint density at radius 2 is 1.94 bits per heavy atom. The van der Waals surface area contributed by atoms with Crippen molar-refractivity contribution >= 4 is 5.69 Å². The third kappa shape index (κ3) is 2.25. The van der Waals surface area contributed by atoms with Gasteiger partial charge in [-0.3, -0.25) is 0 Å². The minimum absolute atomic E-state index is 0.0674. The summed E-state index contributed by atoms with van der Waals surface area (Å²) in [6, 6.07) is 3.42. The molecule has 0 aliphatic carbocycles. The zero-order valence-corrected chi connectivity index (χ0v) is 8.99. The average Bonchev–Trinajstić information content (AvgIpc) is 2.62. The summed E-state index contributed by atoms with van der Waals surface area (Å²) in [7, 11) is 1.71. The summed E-state index contributed by atoms with van der Waals surface area (Å²) < 4.78 is 39.5. The van der Waals surface area contributed by atoms with E-state index in [1.165, 1.54) is 12.3 Å². The highest BCUT2D eigenvalue weighted by Gasteiger charge is 2.31. The lowest BCUT2D eigenvalue weighted by Crippen LogP contribution is -2.06. The average molecular weight is 241 g/mol. The first-order chi connectivity index (χ1) is 7.88. The second-order valence-corrected chi connectivity index (χ2v) is 3.70. The molecule has 1 aromatic carbocycles. The van der Waals surface area contributed by atoms with Crippen molar-refractivity contribution in [2.24, 2.45) is 7.05 Å². The van der Waals surface area contributed by atoms with Crippen LogP contribution in [0, 0.1) is 0 Å². The fraction of sp³-hybridized carbons (Fsp3) is 0.182. The van der Waals surface area contributed by atoms with Crippen LogP contribution in [0.1, 0.15) is 5.56 Å². The van der Waals surface area contributed by atoms with Crippen molar-refractivity contribution in [3.8, 4) is 11.4 Å². The second kappa shape index (κ2) is 3.80. The summed E-state index contributed by atoms with van der Waals surface area (Å²) in [5, 5.41) is 0. The Morgan fingerprint density at radius 1 is 1.24 bits per heavy atom. The number of aromatic nitrogens is 2. The summed E-state index contributed by atoms with van der Waals surface area (Å²) in [5.41, 5.74) is 5.13. The molecule has 1 heterocycles. The highest BCUT2D eigenvalue weighted by atomic mass is 19.4. The van der Waals surface area contributed by atoms with E-state index in [-0.39, 0.29) is 5.69 Å². The molecular formula is C11H10F3N3. The van der Waals surface area contributed by atoms with E-state index in [2.05, 4.69) is 4.98 Å². The molecule has 0 atom stereocenters. The Morgan fingerprint density at radius 3 is 2.47 bits per heavy atom. The number of benzene rings is 1. The number of anilines is 1. The van der Waals surface area contributed by atoms with Crippen LogP contribution in [0.25, 0.3) is 11.4 Å². The lowest BCUT2D eigenvalue weighted by molar-refractivity contribution is -0.137. The van der Waals surface area contributed by atoms with Crippen molar-refractivity contribution in [1.82, 2.24) is 9.55 Å². The molecular weight excluding hydrogens is 231 g/mol. The Labute approximate surface area is 95.7 Å². The Bertz CT molecular complexity index is 543. The molecule has 0 radical (unpaired) electrons. The highest BCUT2D eigenvalue weighted by molar-refractivity contribution is 5.63. The van der Waals surface area contributed by atoms with Crippen LogP contribution in [0.4, 0.5) is 18.9 Å². The Hall–Kier alpha value is -1.98. The summed E-state index contributed by atoms with van der Waals surface area (Å²) in [5.74, 6) is 0.447. The van der Waals surface area contributed by atoms with Crippen molar-refractivity contribution in [1.29, 1.82) is 0 Å². The van der Waals surface area contributed by atoms with E-state index in [0.29, 0.717) is 11.4 Å². The SMILES string of the molecule is Cn1ccnc1-c1cc(N)cc(C(F)(F)F)c1. The topological polar surface area (TPSA) is 43.8 Å². The molecule has 2 N–H and O–H groups in total. The minimum Gasteiger partial charge on any atom is -0.399 e. The zero-order chi connectivity index (χ0) is 12.6. The molecule has 0 aliphatic heterocycles. The normalized spacial score (nSPS) is 11.8. The van der Waals surface area contributed by atoms with Crippen LogP contribution in [0.2, 0.25) is 0 Å². The van der Waals surface area contributed by atoms with Gasteiger partial charge in [-0.05, 0) is 18.2 Å². The molecule has 0 saturated heterocycles. The maximum absolute atomic E-state index is 12.6. The van der Waals surface area contributed by atoms with E-state index in [4.69, 9.17) is 5.73 Å². The number of rotatable bonds is 1. The van der Waals surface area contributed by atoms with Crippen molar-refractivity contribution in [3.05, 3.63) is 36.2 Å². The number of halogens is 3. The van der Waals surface area contributed by atoms with E-state index in [1.54, 1.807) is 17.8 Å². The molecule has 3 nitrogen and oxygen atoms in total. The summed E-state index contributed by atoms with van der Waals surface area (Å²) in [6.07, 6.45) is -1.23. The van der Waals surface area contributed by atoms with Crippen molar-refractivity contribution < 1.29 is 13.2 Å². The van der Waals surface area contributed by atoms with Gasteiger partial charge in [0.2, 0.25) is 0 Å².